The third kappa shape index (κ3) is 2.73. The molecular weight excluding hydrogens is 352 g/mol. The minimum absolute atomic E-state index is 0.0808. The van der Waals surface area contributed by atoms with Crippen LogP contribution >= 0.6 is 27.3 Å². The molecule has 2 aromatic heterocycles. The third-order valence-electron chi connectivity index (χ3n) is 3.28. The fraction of sp³-hybridized carbons (Fsp3) is 0.200. The largest absolute Gasteiger partial charge is 0.496 e. The quantitative estimate of drug-likeness (QED) is 0.771. The van der Waals surface area contributed by atoms with Gasteiger partial charge in [0.15, 0.2) is 0 Å². The van der Waals surface area contributed by atoms with E-state index in [0.717, 1.165) is 26.2 Å². The van der Waals surface area contributed by atoms with E-state index in [9.17, 15) is 4.79 Å². The highest BCUT2D eigenvalue weighted by Gasteiger charge is 2.11. The number of H-pyrrole nitrogens is 1. The predicted octanol–water partition coefficient (Wildman–Crippen LogP) is 3.65. The van der Waals surface area contributed by atoms with Gasteiger partial charge in [0.05, 0.1) is 12.5 Å². The van der Waals surface area contributed by atoms with Gasteiger partial charge in [0, 0.05) is 16.5 Å². The third-order valence-corrected chi connectivity index (χ3v) is 4.76. The van der Waals surface area contributed by atoms with E-state index in [0.29, 0.717) is 17.6 Å². The van der Waals surface area contributed by atoms with Gasteiger partial charge in [-0.3, -0.25) is 4.79 Å². The normalized spacial score (nSPS) is 11.0. The molecule has 0 aliphatic carbocycles. The summed E-state index contributed by atoms with van der Waals surface area (Å²) in [7, 11) is 1.63. The van der Waals surface area contributed by atoms with Crippen molar-refractivity contribution in [3.63, 3.8) is 0 Å². The van der Waals surface area contributed by atoms with Crippen molar-refractivity contribution >= 4 is 37.5 Å². The van der Waals surface area contributed by atoms with E-state index in [1.807, 2.05) is 30.5 Å². The van der Waals surface area contributed by atoms with Crippen LogP contribution in [0.15, 0.2) is 32.8 Å². The van der Waals surface area contributed by atoms with E-state index in [-0.39, 0.29) is 5.56 Å². The van der Waals surface area contributed by atoms with Crippen LogP contribution in [-0.4, -0.2) is 17.1 Å². The van der Waals surface area contributed by atoms with Gasteiger partial charge in [-0.1, -0.05) is 15.9 Å². The van der Waals surface area contributed by atoms with Gasteiger partial charge in [-0.25, -0.2) is 4.98 Å². The van der Waals surface area contributed by atoms with Crippen LogP contribution in [0.4, 0.5) is 0 Å². The van der Waals surface area contributed by atoms with Gasteiger partial charge in [0.1, 0.15) is 16.4 Å². The number of fused-ring (bicyclic) bond motifs is 1. The maximum absolute atomic E-state index is 12.2. The first-order valence-corrected chi connectivity index (χ1v) is 8.05. The Labute approximate surface area is 133 Å². The number of halogens is 1. The fourth-order valence-corrected chi connectivity index (χ4v) is 3.63. The molecule has 0 radical (unpaired) electrons. The molecule has 21 heavy (non-hydrogen) atoms. The Hall–Kier alpha value is -1.66. The zero-order valence-corrected chi connectivity index (χ0v) is 14.0. The van der Waals surface area contributed by atoms with Crippen molar-refractivity contribution in [1.29, 1.82) is 0 Å². The zero-order chi connectivity index (χ0) is 15.0. The summed E-state index contributed by atoms with van der Waals surface area (Å²) < 4.78 is 6.32. The van der Waals surface area contributed by atoms with E-state index in [1.54, 1.807) is 7.11 Å². The lowest BCUT2D eigenvalue weighted by Crippen LogP contribution is -2.12. The molecule has 4 nitrogen and oxygen atoms in total. The number of hydrogen-bond acceptors (Lipinski definition) is 4. The molecule has 3 aromatic rings. The predicted molar refractivity (Wildman–Crippen MR) is 88.5 cm³/mol. The monoisotopic (exact) mass is 364 g/mol. The molecule has 2 heterocycles. The topological polar surface area (TPSA) is 55.0 Å². The smallest absolute Gasteiger partial charge is 0.259 e. The molecule has 0 spiro atoms. The van der Waals surface area contributed by atoms with E-state index < -0.39 is 0 Å². The van der Waals surface area contributed by atoms with Gasteiger partial charge in [-0.05, 0) is 36.1 Å². The summed E-state index contributed by atoms with van der Waals surface area (Å²) in [5.41, 5.74) is 1.86. The molecular formula is C15H13BrN2O2S. The highest BCUT2D eigenvalue weighted by atomic mass is 79.9. The van der Waals surface area contributed by atoms with Crippen LogP contribution in [0.1, 0.15) is 17.0 Å². The SMILES string of the molecule is COc1ccc(Br)cc1Cc1nc2scc(C)c2c(=O)[nH]1. The molecule has 0 aliphatic rings. The number of ether oxygens (including phenoxy) is 1. The minimum Gasteiger partial charge on any atom is -0.496 e. The van der Waals surface area contributed by atoms with E-state index in [4.69, 9.17) is 4.74 Å². The molecule has 0 bridgehead atoms. The first-order chi connectivity index (χ1) is 10.1. The molecule has 0 amide bonds. The summed E-state index contributed by atoms with van der Waals surface area (Å²) in [6.07, 6.45) is 0.519. The number of benzene rings is 1. The number of nitrogens with zero attached hydrogens (tertiary/aromatic N) is 1. The van der Waals surface area contributed by atoms with Crippen molar-refractivity contribution < 1.29 is 4.74 Å². The van der Waals surface area contributed by atoms with Crippen molar-refractivity contribution in [1.82, 2.24) is 9.97 Å². The molecule has 6 heteroatoms. The maximum Gasteiger partial charge on any atom is 0.259 e. The Balaban J connectivity index is 2.06. The summed E-state index contributed by atoms with van der Waals surface area (Å²) in [6.45, 7) is 1.92. The van der Waals surface area contributed by atoms with Gasteiger partial charge in [0.2, 0.25) is 0 Å². The number of nitrogens with one attached hydrogen (secondary N) is 1. The average molecular weight is 365 g/mol. The molecule has 0 saturated heterocycles. The maximum atomic E-state index is 12.2. The van der Waals surface area contributed by atoms with E-state index in [1.165, 1.54) is 11.3 Å². The van der Waals surface area contributed by atoms with Gasteiger partial charge in [-0.15, -0.1) is 11.3 Å². The highest BCUT2D eigenvalue weighted by Crippen LogP contribution is 2.25. The van der Waals surface area contributed by atoms with Crippen molar-refractivity contribution in [2.75, 3.05) is 7.11 Å². The standard InChI is InChI=1S/C15H13BrN2O2S/c1-8-7-21-15-13(8)14(19)17-12(18-15)6-9-5-10(16)3-4-11(9)20-2/h3-5,7H,6H2,1-2H3,(H,17,18,19). The Morgan fingerprint density at radius 2 is 2.24 bits per heavy atom. The van der Waals surface area contributed by atoms with Crippen LogP contribution < -0.4 is 10.3 Å². The number of aromatic nitrogens is 2. The summed E-state index contributed by atoms with van der Waals surface area (Å²) in [5.74, 6) is 1.43. The molecule has 3 rings (SSSR count). The first kappa shape index (κ1) is 14.3. The number of thiophene rings is 1. The van der Waals surface area contributed by atoms with Crippen molar-refractivity contribution in [2.24, 2.45) is 0 Å². The summed E-state index contributed by atoms with van der Waals surface area (Å²) >= 11 is 4.94. The highest BCUT2D eigenvalue weighted by molar-refractivity contribution is 9.10. The number of hydrogen-bond donors (Lipinski definition) is 1. The lowest BCUT2D eigenvalue weighted by Gasteiger charge is -2.08. The molecule has 0 fully saturated rings. The Bertz CT molecular complexity index is 870. The minimum atomic E-state index is -0.0808. The molecule has 1 aromatic carbocycles. The molecule has 108 valence electrons. The van der Waals surface area contributed by atoms with Crippen LogP contribution in [0, 0.1) is 6.92 Å². The number of rotatable bonds is 3. The second-order valence-corrected chi connectivity index (χ2v) is 6.52. The Morgan fingerprint density at radius 3 is 3.00 bits per heavy atom. The molecule has 1 N–H and O–H groups in total. The fourth-order valence-electron chi connectivity index (χ4n) is 2.28. The van der Waals surface area contributed by atoms with Crippen molar-refractivity contribution in [3.05, 3.63) is 55.4 Å². The van der Waals surface area contributed by atoms with Crippen LogP contribution in [0.5, 0.6) is 5.75 Å². The van der Waals surface area contributed by atoms with Gasteiger partial charge in [0.25, 0.3) is 5.56 Å². The number of methoxy groups -OCH3 is 1. The van der Waals surface area contributed by atoms with Crippen LogP contribution in [0.3, 0.4) is 0 Å². The average Bonchev–Trinajstić information content (AvgIpc) is 2.81. The van der Waals surface area contributed by atoms with Gasteiger partial charge >= 0.3 is 0 Å². The Morgan fingerprint density at radius 1 is 1.43 bits per heavy atom. The molecule has 0 aliphatic heterocycles. The number of aromatic amines is 1. The van der Waals surface area contributed by atoms with Crippen molar-refractivity contribution in [3.8, 4) is 5.75 Å². The number of aryl methyl sites for hydroxylation is 1. The van der Waals surface area contributed by atoms with Gasteiger partial charge in [-0.2, -0.15) is 0 Å². The van der Waals surface area contributed by atoms with E-state index in [2.05, 4.69) is 25.9 Å². The van der Waals surface area contributed by atoms with Crippen molar-refractivity contribution in [2.45, 2.75) is 13.3 Å². The molecule has 0 saturated carbocycles. The zero-order valence-electron chi connectivity index (χ0n) is 11.6. The first-order valence-electron chi connectivity index (χ1n) is 6.38. The summed E-state index contributed by atoms with van der Waals surface area (Å²) in [4.78, 5) is 20.4. The summed E-state index contributed by atoms with van der Waals surface area (Å²) in [6, 6.07) is 5.79. The lowest BCUT2D eigenvalue weighted by atomic mass is 10.1. The van der Waals surface area contributed by atoms with Crippen LogP contribution in [0.2, 0.25) is 0 Å². The van der Waals surface area contributed by atoms with E-state index >= 15 is 0 Å². The molecule has 0 unspecified atom stereocenters. The van der Waals surface area contributed by atoms with Gasteiger partial charge < -0.3 is 9.72 Å². The summed E-state index contributed by atoms with van der Waals surface area (Å²) in [5, 5.41) is 2.64. The second-order valence-electron chi connectivity index (χ2n) is 4.74. The lowest BCUT2D eigenvalue weighted by molar-refractivity contribution is 0.410. The van der Waals surface area contributed by atoms with Crippen LogP contribution in [0.25, 0.3) is 10.2 Å². The van der Waals surface area contributed by atoms with Crippen LogP contribution in [-0.2, 0) is 6.42 Å². The molecule has 0 atom stereocenters. The second kappa shape index (κ2) is 5.61. The Kier molecular flexibility index (Phi) is 3.82.